The lowest BCUT2D eigenvalue weighted by Gasteiger charge is -2.27. The molecule has 0 bridgehead atoms. The Kier molecular flexibility index (Phi) is 4.47. The third kappa shape index (κ3) is 4.15. The summed E-state index contributed by atoms with van der Waals surface area (Å²) in [6.07, 6.45) is -5.86. The number of alkyl carbamates (subject to hydrolysis) is 1. The van der Waals surface area contributed by atoms with Crippen LogP contribution in [-0.2, 0) is 22.1 Å². The van der Waals surface area contributed by atoms with E-state index in [1.54, 1.807) is 20.8 Å². The molecule has 0 radical (unpaired) electrons. The van der Waals surface area contributed by atoms with E-state index in [1.165, 1.54) is 0 Å². The van der Waals surface area contributed by atoms with Crippen LogP contribution in [0.15, 0.2) is 12.1 Å². The van der Waals surface area contributed by atoms with Crippen molar-refractivity contribution in [2.45, 2.75) is 45.0 Å². The normalized spacial score (nSPS) is 17.8. The average molecular weight is 348 g/mol. The molecular weight excluding hydrogens is 332 g/mol. The van der Waals surface area contributed by atoms with E-state index in [-0.39, 0.29) is 17.7 Å². The van der Waals surface area contributed by atoms with Crippen LogP contribution in [-0.4, -0.2) is 23.6 Å². The molecule has 1 aliphatic heterocycles. The number of alkyl halides is 3. The summed E-state index contributed by atoms with van der Waals surface area (Å²) < 4.78 is 56.7. The van der Waals surface area contributed by atoms with Crippen LogP contribution < -0.4 is 10.6 Å². The zero-order valence-corrected chi connectivity index (χ0v) is 13.2. The Morgan fingerprint density at radius 1 is 1.29 bits per heavy atom. The third-order valence-corrected chi connectivity index (χ3v) is 3.19. The second-order valence-corrected chi connectivity index (χ2v) is 6.38. The van der Waals surface area contributed by atoms with E-state index >= 15 is 0 Å². The summed E-state index contributed by atoms with van der Waals surface area (Å²) in [4.78, 5) is 23.6. The summed E-state index contributed by atoms with van der Waals surface area (Å²) >= 11 is 0. The molecule has 9 heteroatoms. The van der Waals surface area contributed by atoms with Crippen molar-refractivity contribution < 1.29 is 31.9 Å². The quantitative estimate of drug-likeness (QED) is 0.766. The number of benzene rings is 1. The van der Waals surface area contributed by atoms with Gasteiger partial charge in [-0.05, 0) is 38.5 Å². The van der Waals surface area contributed by atoms with Gasteiger partial charge in [0.25, 0.3) is 0 Å². The van der Waals surface area contributed by atoms with E-state index in [0.29, 0.717) is 12.1 Å². The molecule has 0 saturated carbocycles. The second kappa shape index (κ2) is 5.95. The van der Waals surface area contributed by atoms with Crippen LogP contribution in [0, 0.1) is 5.82 Å². The van der Waals surface area contributed by atoms with E-state index in [1.807, 2.05) is 0 Å². The Hall–Kier alpha value is -2.32. The van der Waals surface area contributed by atoms with Crippen LogP contribution in [0.3, 0.4) is 0 Å². The number of carbonyl (C=O) groups excluding carboxylic acids is 2. The maximum absolute atomic E-state index is 13.6. The molecular formula is C15H16F4N2O3. The number of carbonyl (C=O) groups is 2. The van der Waals surface area contributed by atoms with E-state index in [0.717, 1.165) is 0 Å². The molecule has 0 unspecified atom stereocenters. The van der Waals surface area contributed by atoms with Crippen molar-refractivity contribution in [2.24, 2.45) is 0 Å². The Balaban J connectivity index is 2.20. The highest BCUT2D eigenvalue weighted by molar-refractivity contribution is 5.99. The van der Waals surface area contributed by atoms with Crippen molar-refractivity contribution in [2.75, 3.05) is 5.32 Å². The van der Waals surface area contributed by atoms with Crippen molar-refractivity contribution in [1.82, 2.24) is 5.32 Å². The number of nitrogens with one attached hydrogen (secondary N) is 2. The van der Waals surface area contributed by atoms with Gasteiger partial charge in [0.2, 0.25) is 5.91 Å². The van der Waals surface area contributed by atoms with Crippen LogP contribution in [0.5, 0.6) is 0 Å². The molecule has 1 heterocycles. The zero-order valence-electron chi connectivity index (χ0n) is 13.2. The van der Waals surface area contributed by atoms with E-state index in [4.69, 9.17) is 4.74 Å². The molecule has 132 valence electrons. The fraction of sp³-hybridized carbons (Fsp3) is 0.467. The van der Waals surface area contributed by atoms with Gasteiger partial charge in [0.05, 0.1) is 5.56 Å². The Labute approximate surface area is 135 Å². The number of anilines is 1. The molecule has 24 heavy (non-hydrogen) atoms. The number of amides is 2. The molecule has 0 aromatic heterocycles. The van der Waals surface area contributed by atoms with Crippen molar-refractivity contribution in [3.05, 3.63) is 29.1 Å². The second-order valence-electron chi connectivity index (χ2n) is 6.38. The van der Waals surface area contributed by atoms with Gasteiger partial charge in [-0.1, -0.05) is 0 Å². The minimum atomic E-state index is -4.87. The molecule has 2 N–H and O–H groups in total. The Morgan fingerprint density at radius 2 is 1.92 bits per heavy atom. The number of hydrogen-bond acceptors (Lipinski definition) is 3. The predicted molar refractivity (Wildman–Crippen MR) is 76.9 cm³/mol. The Morgan fingerprint density at radius 3 is 2.46 bits per heavy atom. The highest BCUT2D eigenvalue weighted by atomic mass is 19.4. The maximum atomic E-state index is 13.6. The van der Waals surface area contributed by atoms with Gasteiger partial charge in [-0.2, -0.15) is 13.2 Å². The van der Waals surface area contributed by atoms with Crippen LogP contribution in [0.25, 0.3) is 0 Å². The number of rotatable bonds is 1. The highest BCUT2D eigenvalue weighted by Crippen LogP contribution is 2.36. The summed E-state index contributed by atoms with van der Waals surface area (Å²) in [5, 5.41) is 4.55. The van der Waals surface area contributed by atoms with E-state index in [9.17, 15) is 27.2 Å². The van der Waals surface area contributed by atoms with Gasteiger partial charge in [-0.15, -0.1) is 0 Å². The number of fused-ring (bicyclic) bond motifs is 1. The summed E-state index contributed by atoms with van der Waals surface area (Å²) in [6.45, 7) is 4.91. The largest absolute Gasteiger partial charge is 0.444 e. The molecule has 1 atom stereocenters. The molecule has 1 aromatic carbocycles. The van der Waals surface area contributed by atoms with Gasteiger partial charge in [0, 0.05) is 12.1 Å². The minimum absolute atomic E-state index is 0.129. The highest BCUT2D eigenvalue weighted by Gasteiger charge is 2.37. The maximum Gasteiger partial charge on any atom is 0.419 e. The molecule has 1 aliphatic rings. The lowest BCUT2D eigenvalue weighted by atomic mass is 9.97. The summed E-state index contributed by atoms with van der Waals surface area (Å²) in [5.41, 5.74) is -2.21. The SMILES string of the molecule is CC(C)(C)OC(=O)N[C@@H]1Cc2cc(F)c(C(F)(F)F)cc2NC1=O. The molecule has 5 nitrogen and oxygen atoms in total. The van der Waals surface area contributed by atoms with Crippen molar-refractivity contribution in [3.8, 4) is 0 Å². The van der Waals surface area contributed by atoms with Gasteiger partial charge in [-0.3, -0.25) is 4.79 Å². The summed E-state index contributed by atoms with van der Waals surface area (Å²) in [6, 6.07) is 0.191. The smallest absolute Gasteiger partial charge is 0.419 e. The topological polar surface area (TPSA) is 67.4 Å². The summed E-state index contributed by atoms with van der Waals surface area (Å²) in [5.74, 6) is -2.14. The number of ether oxygens (including phenoxy) is 1. The molecule has 0 aliphatic carbocycles. The minimum Gasteiger partial charge on any atom is -0.444 e. The number of hydrogen-bond donors (Lipinski definition) is 2. The van der Waals surface area contributed by atoms with Gasteiger partial charge in [-0.25, -0.2) is 9.18 Å². The fourth-order valence-electron chi connectivity index (χ4n) is 2.22. The lowest BCUT2D eigenvalue weighted by molar-refractivity contribution is -0.140. The predicted octanol–water partition coefficient (Wildman–Crippen LogP) is 3.23. The lowest BCUT2D eigenvalue weighted by Crippen LogP contribution is -2.49. The zero-order chi connectivity index (χ0) is 18.3. The van der Waals surface area contributed by atoms with Crippen LogP contribution in [0.4, 0.5) is 28.0 Å². The third-order valence-electron chi connectivity index (χ3n) is 3.19. The molecule has 0 fully saturated rings. The first-order valence-electron chi connectivity index (χ1n) is 7.07. The first-order chi connectivity index (χ1) is 10.9. The van der Waals surface area contributed by atoms with Gasteiger partial charge >= 0.3 is 12.3 Å². The van der Waals surface area contributed by atoms with Gasteiger partial charge in [0.1, 0.15) is 17.5 Å². The van der Waals surface area contributed by atoms with Crippen LogP contribution in [0.1, 0.15) is 31.9 Å². The molecule has 2 amide bonds. The van der Waals surface area contributed by atoms with E-state index < -0.39 is 41.2 Å². The Bertz CT molecular complexity index is 681. The van der Waals surface area contributed by atoms with Gasteiger partial charge < -0.3 is 15.4 Å². The molecule has 0 spiro atoms. The van der Waals surface area contributed by atoms with Crippen molar-refractivity contribution in [3.63, 3.8) is 0 Å². The average Bonchev–Trinajstić information content (AvgIpc) is 2.36. The first-order valence-corrected chi connectivity index (χ1v) is 7.07. The van der Waals surface area contributed by atoms with Crippen LogP contribution in [0.2, 0.25) is 0 Å². The monoisotopic (exact) mass is 348 g/mol. The van der Waals surface area contributed by atoms with Crippen molar-refractivity contribution in [1.29, 1.82) is 0 Å². The van der Waals surface area contributed by atoms with Crippen molar-refractivity contribution >= 4 is 17.7 Å². The molecule has 1 aromatic rings. The first kappa shape index (κ1) is 18.0. The van der Waals surface area contributed by atoms with Gasteiger partial charge in [0.15, 0.2) is 0 Å². The molecule has 2 rings (SSSR count). The number of halogens is 4. The van der Waals surface area contributed by atoms with Crippen LogP contribution >= 0.6 is 0 Å². The standard InChI is InChI=1S/C15H16F4N2O3/c1-14(2,3)24-13(23)21-11-5-7-4-9(16)8(15(17,18)19)6-10(7)20-12(11)22/h4,6,11H,5H2,1-3H3,(H,20,22)(H,21,23)/t11-/m1/s1. The fourth-order valence-corrected chi connectivity index (χ4v) is 2.22. The molecule has 0 saturated heterocycles. The van der Waals surface area contributed by atoms with E-state index in [2.05, 4.69) is 10.6 Å². The summed E-state index contributed by atoms with van der Waals surface area (Å²) in [7, 11) is 0.